The van der Waals surface area contributed by atoms with E-state index in [1.807, 2.05) is 6.92 Å². The summed E-state index contributed by atoms with van der Waals surface area (Å²) in [5, 5.41) is 6.97. The zero-order chi connectivity index (χ0) is 8.27. The fourth-order valence-corrected chi connectivity index (χ4v) is 0.803. The molecule has 0 spiro atoms. The van der Waals surface area contributed by atoms with Gasteiger partial charge in [-0.15, -0.1) is 0 Å². The van der Waals surface area contributed by atoms with Crippen LogP contribution in [-0.4, -0.2) is 11.2 Å². The predicted molar refractivity (Wildman–Crippen MR) is 43.2 cm³/mol. The molecule has 0 saturated heterocycles. The zero-order valence-corrected chi connectivity index (χ0v) is 7.22. The van der Waals surface area contributed by atoms with E-state index in [9.17, 15) is 0 Å². The molecule has 0 aromatic carbocycles. The first-order chi connectivity index (χ1) is 5.20. The number of aryl methyl sites for hydroxylation is 1. The van der Waals surface area contributed by atoms with Crippen molar-refractivity contribution >= 4 is 0 Å². The lowest BCUT2D eigenvalue weighted by Gasteiger charge is -2.05. The molecule has 0 bridgehead atoms. The quantitative estimate of drug-likeness (QED) is 0.716. The summed E-state index contributed by atoms with van der Waals surface area (Å²) < 4.78 is 4.91. The number of hydrogen-bond acceptors (Lipinski definition) is 3. The van der Waals surface area contributed by atoms with Crippen LogP contribution < -0.4 is 5.32 Å². The Bertz CT molecular complexity index is 218. The van der Waals surface area contributed by atoms with Gasteiger partial charge in [-0.25, -0.2) is 0 Å². The Morgan fingerprint density at radius 2 is 2.36 bits per heavy atom. The van der Waals surface area contributed by atoms with Crippen molar-refractivity contribution in [2.75, 3.05) is 0 Å². The van der Waals surface area contributed by atoms with Crippen molar-refractivity contribution in [3.63, 3.8) is 0 Å². The second-order valence-electron chi connectivity index (χ2n) is 2.94. The van der Waals surface area contributed by atoms with Crippen LogP contribution in [0.5, 0.6) is 0 Å². The van der Waals surface area contributed by atoms with E-state index in [0.29, 0.717) is 6.04 Å². The summed E-state index contributed by atoms with van der Waals surface area (Å²) in [4.78, 5) is 0. The third kappa shape index (κ3) is 2.35. The van der Waals surface area contributed by atoms with Crippen LogP contribution in [0.2, 0.25) is 0 Å². The Morgan fingerprint density at radius 3 is 2.82 bits per heavy atom. The number of aromatic nitrogens is 1. The van der Waals surface area contributed by atoms with E-state index in [-0.39, 0.29) is 0 Å². The van der Waals surface area contributed by atoms with E-state index in [4.69, 9.17) is 4.52 Å². The van der Waals surface area contributed by atoms with Crippen LogP contribution in [0.3, 0.4) is 0 Å². The Kier molecular flexibility index (Phi) is 2.65. The number of nitrogens with one attached hydrogen (secondary N) is 1. The summed E-state index contributed by atoms with van der Waals surface area (Å²) >= 11 is 0. The SMILES string of the molecule is Cc1oncc1CNC(C)C. The normalized spacial score (nSPS) is 10.9. The fourth-order valence-electron chi connectivity index (χ4n) is 0.803. The standard InChI is InChI=1S/C8H14N2O/c1-6(2)9-4-8-5-10-11-7(8)3/h5-6,9H,4H2,1-3H3. The van der Waals surface area contributed by atoms with E-state index in [1.165, 1.54) is 0 Å². The topological polar surface area (TPSA) is 38.1 Å². The predicted octanol–water partition coefficient (Wildman–Crippen LogP) is 1.48. The van der Waals surface area contributed by atoms with Gasteiger partial charge in [-0.05, 0) is 6.92 Å². The van der Waals surface area contributed by atoms with Gasteiger partial charge in [-0.1, -0.05) is 19.0 Å². The molecule has 1 N–H and O–H groups in total. The van der Waals surface area contributed by atoms with Crippen LogP contribution in [-0.2, 0) is 6.54 Å². The maximum absolute atomic E-state index is 4.91. The van der Waals surface area contributed by atoms with Crippen molar-refractivity contribution in [2.24, 2.45) is 0 Å². The minimum atomic E-state index is 0.504. The van der Waals surface area contributed by atoms with E-state index in [2.05, 4.69) is 24.3 Å². The van der Waals surface area contributed by atoms with Crippen LogP contribution in [0.15, 0.2) is 10.7 Å². The molecule has 0 fully saturated rings. The lowest BCUT2D eigenvalue weighted by Crippen LogP contribution is -2.21. The minimum absolute atomic E-state index is 0.504. The molecular weight excluding hydrogens is 140 g/mol. The Balaban J connectivity index is 2.44. The monoisotopic (exact) mass is 154 g/mol. The van der Waals surface area contributed by atoms with Gasteiger partial charge in [0.25, 0.3) is 0 Å². The average Bonchev–Trinajstić information content (AvgIpc) is 2.31. The average molecular weight is 154 g/mol. The van der Waals surface area contributed by atoms with Crippen molar-refractivity contribution < 1.29 is 4.52 Å². The van der Waals surface area contributed by atoms with Crippen LogP contribution in [0.25, 0.3) is 0 Å². The van der Waals surface area contributed by atoms with E-state index in [1.54, 1.807) is 6.20 Å². The first kappa shape index (κ1) is 8.27. The fraction of sp³-hybridized carbons (Fsp3) is 0.625. The molecule has 1 aromatic rings. The molecule has 1 rings (SSSR count). The molecule has 0 aliphatic carbocycles. The molecular formula is C8H14N2O. The van der Waals surface area contributed by atoms with Crippen molar-refractivity contribution in [1.82, 2.24) is 10.5 Å². The molecule has 0 aliphatic rings. The lowest BCUT2D eigenvalue weighted by atomic mass is 10.2. The molecule has 3 heteroatoms. The number of hydrogen-bond donors (Lipinski definition) is 1. The molecule has 1 heterocycles. The molecule has 0 unspecified atom stereocenters. The van der Waals surface area contributed by atoms with Crippen molar-refractivity contribution in [3.8, 4) is 0 Å². The van der Waals surface area contributed by atoms with Gasteiger partial charge in [0.15, 0.2) is 0 Å². The summed E-state index contributed by atoms with van der Waals surface area (Å²) in [5.41, 5.74) is 1.14. The van der Waals surface area contributed by atoms with E-state index >= 15 is 0 Å². The Morgan fingerprint density at radius 1 is 1.64 bits per heavy atom. The van der Waals surface area contributed by atoms with Gasteiger partial charge in [-0.3, -0.25) is 0 Å². The maximum Gasteiger partial charge on any atom is 0.138 e. The summed E-state index contributed by atoms with van der Waals surface area (Å²) in [7, 11) is 0. The van der Waals surface area contributed by atoms with Crippen molar-refractivity contribution in [1.29, 1.82) is 0 Å². The molecule has 0 saturated carbocycles. The molecule has 3 nitrogen and oxygen atoms in total. The van der Waals surface area contributed by atoms with E-state index < -0.39 is 0 Å². The molecule has 1 aromatic heterocycles. The Labute approximate surface area is 66.8 Å². The minimum Gasteiger partial charge on any atom is -0.361 e. The van der Waals surface area contributed by atoms with Gasteiger partial charge in [0.1, 0.15) is 5.76 Å². The van der Waals surface area contributed by atoms with Crippen LogP contribution in [0.1, 0.15) is 25.2 Å². The van der Waals surface area contributed by atoms with Crippen LogP contribution >= 0.6 is 0 Å². The van der Waals surface area contributed by atoms with Crippen LogP contribution in [0, 0.1) is 6.92 Å². The highest BCUT2D eigenvalue weighted by molar-refractivity contribution is 5.10. The highest BCUT2D eigenvalue weighted by Gasteiger charge is 2.01. The van der Waals surface area contributed by atoms with Gasteiger partial charge in [0.05, 0.1) is 6.20 Å². The molecule has 0 radical (unpaired) electrons. The third-order valence-electron chi connectivity index (χ3n) is 1.55. The first-order valence-electron chi connectivity index (χ1n) is 3.83. The third-order valence-corrected chi connectivity index (χ3v) is 1.55. The van der Waals surface area contributed by atoms with Gasteiger partial charge in [0.2, 0.25) is 0 Å². The molecule has 0 amide bonds. The van der Waals surface area contributed by atoms with Gasteiger partial charge in [0, 0.05) is 18.2 Å². The number of rotatable bonds is 3. The van der Waals surface area contributed by atoms with E-state index in [0.717, 1.165) is 17.9 Å². The smallest absolute Gasteiger partial charge is 0.138 e. The largest absolute Gasteiger partial charge is 0.361 e. The van der Waals surface area contributed by atoms with Crippen LogP contribution in [0.4, 0.5) is 0 Å². The van der Waals surface area contributed by atoms with Crippen molar-refractivity contribution in [2.45, 2.75) is 33.4 Å². The summed E-state index contributed by atoms with van der Waals surface area (Å²) in [6.07, 6.45) is 1.75. The second kappa shape index (κ2) is 3.53. The second-order valence-corrected chi connectivity index (χ2v) is 2.94. The highest BCUT2D eigenvalue weighted by Crippen LogP contribution is 2.04. The lowest BCUT2D eigenvalue weighted by molar-refractivity contribution is 0.395. The molecule has 0 aliphatic heterocycles. The summed E-state index contributed by atoms with van der Waals surface area (Å²) in [5.74, 6) is 0.901. The zero-order valence-electron chi connectivity index (χ0n) is 7.22. The van der Waals surface area contributed by atoms with Gasteiger partial charge >= 0.3 is 0 Å². The maximum atomic E-state index is 4.91. The van der Waals surface area contributed by atoms with Gasteiger partial charge in [-0.2, -0.15) is 0 Å². The summed E-state index contributed by atoms with van der Waals surface area (Å²) in [6, 6.07) is 0.504. The van der Waals surface area contributed by atoms with Crippen molar-refractivity contribution in [3.05, 3.63) is 17.5 Å². The Hall–Kier alpha value is -0.830. The summed E-state index contributed by atoms with van der Waals surface area (Å²) in [6.45, 7) is 6.99. The highest BCUT2D eigenvalue weighted by atomic mass is 16.5. The molecule has 11 heavy (non-hydrogen) atoms. The molecule has 0 atom stereocenters. The molecule has 62 valence electrons. The van der Waals surface area contributed by atoms with Gasteiger partial charge < -0.3 is 9.84 Å². The first-order valence-corrected chi connectivity index (χ1v) is 3.83. The number of nitrogens with zero attached hydrogens (tertiary/aromatic N) is 1.